The maximum Gasteiger partial charge on any atom is 0.336 e. The smallest absolute Gasteiger partial charge is 0.336 e. The summed E-state index contributed by atoms with van der Waals surface area (Å²) >= 11 is 0. The fourth-order valence-electron chi connectivity index (χ4n) is 1.64. The Morgan fingerprint density at radius 2 is 1.94 bits per heavy atom. The van der Waals surface area contributed by atoms with Crippen LogP contribution in [0.5, 0.6) is 0 Å². The minimum atomic E-state index is -1.02. The summed E-state index contributed by atoms with van der Waals surface area (Å²) in [6.45, 7) is 2.09. The van der Waals surface area contributed by atoms with E-state index in [9.17, 15) is 9.18 Å². The van der Waals surface area contributed by atoms with Crippen molar-refractivity contribution < 1.29 is 14.3 Å². The molecular formula is C13H19FN2O2. The Morgan fingerprint density at radius 3 is 2.50 bits per heavy atom. The molecule has 0 aliphatic heterocycles. The molecule has 0 fully saturated rings. The van der Waals surface area contributed by atoms with Crippen LogP contribution in [0.4, 0.5) is 4.39 Å². The van der Waals surface area contributed by atoms with E-state index < -0.39 is 11.8 Å². The highest BCUT2D eigenvalue weighted by Gasteiger charge is 2.12. The Kier molecular flexibility index (Phi) is 5.25. The average molecular weight is 254 g/mol. The summed E-state index contributed by atoms with van der Waals surface area (Å²) in [4.78, 5) is 15.0. The van der Waals surface area contributed by atoms with Crippen LogP contribution in [0.2, 0.25) is 0 Å². The lowest BCUT2D eigenvalue weighted by atomic mass is 10.1. The van der Waals surface area contributed by atoms with E-state index in [4.69, 9.17) is 5.11 Å². The van der Waals surface area contributed by atoms with Crippen LogP contribution >= 0.6 is 0 Å². The van der Waals surface area contributed by atoms with Crippen LogP contribution in [0.15, 0.2) is 18.2 Å². The summed E-state index contributed by atoms with van der Waals surface area (Å²) in [6, 6.07) is 3.77. The maximum atomic E-state index is 13.2. The van der Waals surface area contributed by atoms with Gasteiger partial charge in [0.1, 0.15) is 5.82 Å². The van der Waals surface area contributed by atoms with E-state index in [1.807, 2.05) is 30.9 Å². The van der Waals surface area contributed by atoms with Crippen molar-refractivity contribution in [2.24, 2.45) is 0 Å². The zero-order valence-corrected chi connectivity index (χ0v) is 11.0. The third-order valence-electron chi connectivity index (χ3n) is 2.67. The van der Waals surface area contributed by atoms with Gasteiger partial charge in [0.2, 0.25) is 0 Å². The van der Waals surface area contributed by atoms with Gasteiger partial charge in [0.25, 0.3) is 0 Å². The summed E-state index contributed by atoms with van der Waals surface area (Å²) in [5, 5.41) is 9.04. The van der Waals surface area contributed by atoms with Gasteiger partial charge in [-0.05, 0) is 44.9 Å². The number of hydrogen-bond acceptors (Lipinski definition) is 3. The molecule has 100 valence electrons. The molecular weight excluding hydrogens is 235 g/mol. The first-order valence-electron chi connectivity index (χ1n) is 5.75. The number of halogens is 1. The van der Waals surface area contributed by atoms with E-state index in [1.165, 1.54) is 18.2 Å². The summed E-state index contributed by atoms with van der Waals surface area (Å²) in [5.41, 5.74) is 0.664. The Balaban J connectivity index is 2.76. The number of nitrogens with zero attached hydrogens (tertiary/aromatic N) is 2. The number of hydrogen-bond donors (Lipinski definition) is 1. The Morgan fingerprint density at radius 1 is 1.28 bits per heavy atom. The van der Waals surface area contributed by atoms with Crippen molar-refractivity contribution >= 4 is 5.97 Å². The van der Waals surface area contributed by atoms with E-state index >= 15 is 0 Å². The highest BCUT2D eigenvalue weighted by atomic mass is 19.1. The molecule has 1 aromatic rings. The van der Waals surface area contributed by atoms with Crippen molar-refractivity contribution in [2.75, 3.05) is 34.2 Å². The molecule has 0 radical (unpaired) electrons. The second-order valence-corrected chi connectivity index (χ2v) is 4.65. The van der Waals surface area contributed by atoms with Gasteiger partial charge in [-0.3, -0.25) is 0 Å². The molecule has 0 saturated carbocycles. The first-order valence-corrected chi connectivity index (χ1v) is 5.75. The lowest BCUT2D eigenvalue weighted by Crippen LogP contribution is -2.28. The molecule has 18 heavy (non-hydrogen) atoms. The first-order chi connectivity index (χ1) is 8.40. The molecule has 0 aromatic heterocycles. The molecule has 5 heteroatoms. The molecule has 0 amide bonds. The SMILES string of the molecule is CN(C)CCN(C)Cc1cc(F)ccc1C(=O)O. The molecule has 0 spiro atoms. The van der Waals surface area contributed by atoms with E-state index in [0.29, 0.717) is 12.1 Å². The Hall–Kier alpha value is -1.46. The average Bonchev–Trinajstić information content (AvgIpc) is 2.26. The normalized spacial score (nSPS) is 11.2. The standard InChI is InChI=1S/C13H19FN2O2/c1-15(2)6-7-16(3)9-10-8-11(14)4-5-12(10)13(17)18/h4-5,8H,6-7,9H2,1-3H3,(H,17,18). The number of carboxylic acids is 1. The van der Waals surface area contributed by atoms with Crippen LogP contribution in [0.25, 0.3) is 0 Å². The van der Waals surface area contributed by atoms with Crippen LogP contribution in [0, 0.1) is 5.82 Å². The molecule has 1 N–H and O–H groups in total. The van der Waals surface area contributed by atoms with E-state index in [0.717, 1.165) is 13.1 Å². The summed E-state index contributed by atoms with van der Waals surface area (Å²) < 4.78 is 13.2. The largest absolute Gasteiger partial charge is 0.478 e. The zero-order valence-electron chi connectivity index (χ0n) is 11.0. The molecule has 1 aromatic carbocycles. The fourth-order valence-corrected chi connectivity index (χ4v) is 1.64. The van der Waals surface area contributed by atoms with Crippen molar-refractivity contribution in [1.29, 1.82) is 0 Å². The van der Waals surface area contributed by atoms with Gasteiger partial charge in [-0.25, -0.2) is 9.18 Å². The minimum absolute atomic E-state index is 0.160. The molecule has 0 heterocycles. The topological polar surface area (TPSA) is 43.8 Å². The van der Waals surface area contributed by atoms with E-state index in [-0.39, 0.29) is 5.56 Å². The van der Waals surface area contributed by atoms with Crippen LogP contribution in [-0.2, 0) is 6.54 Å². The monoisotopic (exact) mass is 254 g/mol. The second-order valence-electron chi connectivity index (χ2n) is 4.65. The molecule has 0 aliphatic carbocycles. The number of likely N-dealkylation sites (N-methyl/N-ethyl adjacent to an activating group) is 2. The van der Waals surface area contributed by atoms with Crippen LogP contribution in [0.1, 0.15) is 15.9 Å². The number of carboxylic acid groups (broad SMARTS) is 1. The van der Waals surface area contributed by atoms with Gasteiger partial charge in [-0.15, -0.1) is 0 Å². The summed E-state index contributed by atoms with van der Waals surface area (Å²) in [6.07, 6.45) is 0. The summed E-state index contributed by atoms with van der Waals surface area (Å²) in [5.74, 6) is -1.43. The van der Waals surface area contributed by atoms with Gasteiger partial charge in [0.05, 0.1) is 5.56 Å². The predicted octanol–water partition coefficient (Wildman–Crippen LogP) is 1.52. The van der Waals surface area contributed by atoms with Gasteiger partial charge in [0.15, 0.2) is 0 Å². The Labute approximate surface area is 107 Å². The van der Waals surface area contributed by atoms with Gasteiger partial charge < -0.3 is 14.9 Å². The van der Waals surface area contributed by atoms with Crippen molar-refractivity contribution in [3.8, 4) is 0 Å². The molecule has 0 unspecified atom stereocenters. The highest BCUT2D eigenvalue weighted by Crippen LogP contribution is 2.13. The molecule has 0 atom stereocenters. The van der Waals surface area contributed by atoms with E-state index in [1.54, 1.807) is 0 Å². The lowest BCUT2D eigenvalue weighted by Gasteiger charge is -2.20. The quantitative estimate of drug-likeness (QED) is 0.836. The van der Waals surface area contributed by atoms with E-state index in [2.05, 4.69) is 0 Å². The van der Waals surface area contributed by atoms with Crippen molar-refractivity contribution in [2.45, 2.75) is 6.54 Å². The first kappa shape index (κ1) is 14.6. The van der Waals surface area contributed by atoms with Crippen molar-refractivity contribution in [1.82, 2.24) is 9.80 Å². The molecule has 4 nitrogen and oxygen atoms in total. The van der Waals surface area contributed by atoms with Crippen LogP contribution < -0.4 is 0 Å². The molecule has 0 bridgehead atoms. The number of benzene rings is 1. The fraction of sp³-hybridized carbons (Fsp3) is 0.462. The van der Waals surface area contributed by atoms with Gasteiger partial charge in [-0.1, -0.05) is 0 Å². The number of rotatable bonds is 6. The third-order valence-corrected chi connectivity index (χ3v) is 2.67. The van der Waals surface area contributed by atoms with Gasteiger partial charge in [0, 0.05) is 19.6 Å². The second kappa shape index (κ2) is 6.47. The predicted molar refractivity (Wildman–Crippen MR) is 68.2 cm³/mol. The van der Waals surface area contributed by atoms with Gasteiger partial charge in [-0.2, -0.15) is 0 Å². The maximum absolute atomic E-state index is 13.2. The third kappa shape index (κ3) is 4.43. The van der Waals surface area contributed by atoms with Gasteiger partial charge >= 0.3 is 5.97 Å². The molecule has 0 aliphatic rings. The van der Waals surface area contributed by atoms with Crippen molar-refractivity contribution in [3.05, 3.63) is 35.1 Å². The minimum Gasteiger partial charge on any atom is -0.478 e. The molecule has 0 saturated heterocycles. The number of aromatic carboxylic acids is 1. The van der Waals surface area contributed by atoms with Crippen LogP contribution in [0.3, 0.4) is 0 Å². The Bertz CT molecular complexity index is 421. The number of carbonyl (C=O) groups is 1. The molecule has 1 rings (SSSR count). The zero-order chi connectivity index (χ0) is 13.7. The van der Waals surface area contributed by atoms with Crippen molar-refractivity contribution in [3.63, 3.8) is 0 Å². The summed E-state index contributed by atoms with van der Waals surface area (Å²) in [7, 11) is 5.83. The lowest BCUT2D eigenvalue weighted by molar-refractivity contribution is 0.0694. The highest BCUT2D eigenvalue weighted by molar-refractivity contribution is 5.89. The van der Waals surface area contributed by atoms with Crippen LogP contribution in [-0.4, -0.2) is 55.1 Å².